The number of carbonyl (C=O) groups is 1. The van der Waals surface area contributed by atoms with Gasteiger partial charge in [0.05, 0.1) is 0 Å². The fourth-order valence-electron chi connectivity index (χ4n) is 4.05. The molecule has 0 aliphatic heterocycles. The number of hydrogen-bond donors (Lipinski definition) is 0. The number of ketones is 1. The van der Waals surface area contributed by atoms with Gasteiger partial charge in [-0.1, -0.05) is 63.6 Å². The van der Waals surface area contributed by atoms with Crippen LogP contribution in [0.1, 0.15) is 78.7 Å². The highest BCUT2D eigenvalue weighted by Crippen LogP contribution is 2.46. The summed E-state index contributed by atoms with van der Waals surface area (Å²) in [6.07, 6.45) is 2.90. The Labute approximate surface area is 152 Å². The molecule has 1 heteroatoms. The monoisotopic (exact) mass is 334 g/mol. The Kier molecular flexibility index (Phi) is 4.39. The lowest BCUT2D eigenvalue weighted by molar-refractivity contribution is 0.0992. The van der Waals surface area contributed by atoms with E-state index >= 15 is 0 Å². The topological polar surface area (TPSA) is 17.1 Å². The third-order valence-electron chi connectivity index (χ3n) is 6.00. The van der Waals surface area contributed by atoms with Crippen LogP contribution in [0.25, 0.3) is 0 Å². The molecule has 0 saturated carbocycles. The van der Waals surface area contributed by atoms with Gasteiger partial charge in [-0.05, 0) is 65.8 Å². The Morgan fingerprint density at radius 2 is 1.52 bits per heavy atom. The van der Waals surface area contributed by atoms with Crippen molar-refractivity contribution in [1.82, 2.24) is 0 Å². The third kappa shape index (κ3) is 3.42. The van der Waals surface area contributed by atoms with Crippen LogP contribution >= 0.6 is 0 Å². The maximum Gasteiger partial charge on any atom is 0.167 e. The first-order valence-corrected chi connectivity index (χ1v) is 9.34. The van der Waals surface area contributed by atoms with Gasteiger partial charge < -0.3 is 0 Å². The molecule has 25 heavy (non-hydrogen) atoms. The average Bonchev–Trinajstić information content (AvgIpc) is 2.53. The van der Waals surface area contributed by atoms with Crippen molar-refractivity contribution in [2.24, 2.45) is 0 Å². The Bertz CT molecular complexity index is 824. The number of rotatable bonds is 3. The van der Waals surface area contributed by atoms with Crippen LogP contribution in [0.15, 0.2) is 36.4 Å². The van der Waals surface area contributed by atoms with E-state index in [1.165, 1.54) is 35.1 Å². The Morgan fingerprint density at radius 3 is 2.12 bits per heavy atom. The number of carbonyl (C=O) groups excluding carboxylic acids is 1. The van der Waals surface area contributed by atoms with Gasteiger partial charge >= 0.3 is 0 Å². The summed E-state index contributed by atoms with van der Waals surface area (Å²) in [6.45, 7) is 13.5. The van der Waals surface area contributed by atoms with Crippen molar-refractivity contribution in [2.45, 2.75) is 71.6 Å². The van der Waals surface area contributed by atoms with Crippen LogP contribution < -0.4 is 0 Å². The van der Waals surface area contributed by atoms with E-state index in [4.69, 9.17) is 0 Å². The highest BCUT2D eigenvalue weighted by molar-refractivity contribution is 5.97. The zero-order chi connectivity index (χ0) is 18.4. The van der Waals surface area contributed by atoms with Gasteiger partial charge in [0.15, 0.2) is 5.78 Å². The summed E-state index contributed by atoms with van der Waals surface area (Å²) in [5, 5.41) is 0. The van der Waals surface area contributed by atoms with Gasteiger partial charge in [0.25, 0.3) is 0 Å². The SMILES string of the molecule is Cc1cccc(C(=O)Cc2cc3c(cc2C)C(C)(C)CCC3(C)C)c1. The van der Waals surface area contributed by atoms with E-state index in [2.05, 4.69) is 46.8 Å². The highest BCUT2D eigenvalue weighted by Gasteiger charge is 2.37. The molecule has 132 valence electrons. The van der Waals surface area contributed by atoms with Crippen molar-refractivity contribution in [2.75, 3.05) is 0 Å². The molecule has 0 bridgehead atoms. The molecule has 1 aliphatic rings. The van der Waals surface area contributed by atoms with Crippen molar-refractivity contribution < 1.29 is 4.79 Å². The molecule has 0 radical (unpaired) electrons. The highest BCUT2D eigenvalue weighted by atomic mass is 16.1. The number of Topliss-reactive ketones (excluding diaryl/α,β-unsaturated/α-hetero) is 1. The van der Waals surface area contributed by atoms with E-state index in [0.717, 1.165) is 11.1 Å². The van der Waals surface area contributed by atoms with E-state index < -0.39 is 0 Å². The number of fused-ring (bicyclic) bond motifs is 1. The van der Waals surface area contributed by atoms with Crippen LogP contribution in [0.3, 0.4) is 0 Å². The summed E-state index contributed by atoms with van der Waals surface area (Å²) in [7, 11) is 0. The van der Waals surface area contributed by atoms with Gasteiger partial charge in [0, 0.05) is 12.0 Å². The van der Waals surface area contributed by atoms with Gasteiger partial charge in [-0.2, -0.15) is 0 Å². The molecule has 0 spiro atoms. The quantitative estimate of drug-likeness (QED) is 0.622. The zero-order valence-electron chi connectivity index (χ0n) is 16.5. The molecule has 0 saturated heterocycles. The lowest BCUT2D eigenvalue weighted by Crippen LogP contribution is -2.34. The van der Waals surface area contributed by atoms with Crippen LogP contribution in [0.2, 0.25) is 0 Å². The van der Waals surface area contributed by atoms with Crippen molar-refractivity contribution in [3.8, 4) is 0 Å². The fraction of sp³-hybridized carbons (Fsp3) is 0.458. The van der Waals surface area contributed by atoms with Gasteiger partial charge in [-0.3, -0.25) is 4.79 Å². The number of aryl methyl sites for hydroxylation is 2. The van der Waals surface area contributed by atoms with Gasteiger partial charge in [0.1, 0.15) is 0 Å². The molecule has 0 amide bonds. The van der Waals surface area contributed by atoms with Gasteiger partial charge in [-0.15, -0.1) is 0 Å². The van der Waals surface area contributed by atoms with Crippen molar-refractivity contribution >= 4 is 5.78 Å². The predicted molar refractivity (Wildman–Crippen MR) is 106 cm³/mol. The lowest BCUT2D eigenvalue weighted by atomic mass is 9.62. The lowest BCUT2D eigenvalue weighted by Gasteiger charge is -2.42. The van der Waals surface area contributed by atoms with E-state index in [-0.39, 0.29) is 16.6 Å². The second-order valence-electron chi connectivity index (χ2n) is 9.06. The van der Waals surface area contributed by atoms with Crippen molar-refractivity contribution in [1.29, 1.82) is 0 Å². The third-order valence-corrected chi connectivity index (χ3v) is 6.00. The first-order valence-electron chi connectivity index (χ1n) is 9.34. The second kappa shape index (κ2) is 6.12. The van der Waals surface area contributed by atoms with Gasteiger partial charge in [-0.25, -0.2) is 0 Å². The van der Waals surface area contributed by atoms with E-state index in [1.807, 2.05) is 31.2 Å². The average molecular weight is 335 g/mol. The van der Waals surface area contributed by atoms with E-state index in [1.54, 1.807) is 0 Å². The summed E-state index contributed by atoms with van der Waals surface area (Å²) < 4.78 is 0. The first-order chi connectivity index (χ1) is 11.6. The Balaban J connectivity index is 2.00. The standard InChI is InChI=1S/C24H30O/c1-16-8-7-9-18(12-16)22(25)15-19-14-21-20(13-17(19)2)23(3,4)10-11-24(21,5)6/h7-9,12-14H,10-11,15H2,1-6H3. The predicted octanol–water partition coefficient (Wildman–Crippen LogP) is 6.08. The molecule has 2 aromatic rings. The summed E-state index contributed by atoms with van der Waals surface area (Å²) in [4.78, 5) is 12.8. The Hall–Kier alpha value is -1.89. The molecule has 1 nitrogen and oxygen atoms in total. The molecule has 0 atom stereocenters. The van der Waals surface area contributed by atoms with Gasteiger partial charge in [0.2, 0.25) is 0 Å². The van der Waals surface area contributed by atoms with Crippen molar-refractivity contribution in [3.05, 3.63) is 69.8 Å². The zero-order valence-corrected chi connectivity index (χ0v) is 16.5. The molecular weight excluding hydrogens is 304 g/mol. The van der Waals surface area contributed by atoms with E-state index in [9.17, 15) is 4.79 Å². The minimum absolute atomic E-state index is 0.180. The summed E-state index contributed by atoms with van der Waals surface area (Å²) in [6, 6.07) is 12.6. The molecule has 0 aromatic heterocycles. The smallest absolute Gasteiger partial charge is 0.167 e. The van der Waals surface area contributed by atoms with Crippen LogP contribution in [0, 0.1) is 13.8 Å². The second-order valence-corrected chi connectivity index (χ2v) is 9.06. The largest absolute Gasteiger partial charge is 0.294 e. The minimum atomic E-state index is 0.180. The fourth-order valence-corrected chi connectivity index (χ4v) is 4.05. The summed E-state index contributed by atoms with van der Waals surface area (Å²) >= 11 is 0. The maximum atomic E-state index is 12.8. The molecule has 0 heterocycles. The number of benzene rings is 2. The minimum Gasteiger partial charge on any atom is -0.294 e. The normalized spacial score (nSPS) is 17.8. The summed E-state index contributed by atoms with van der Waals surface area (Å²) in [5.74, 6) is 0.208. The van der Waals surface area contributed by atoms with E-state index in [0.29, 0.717) is 6.42 Å². The van der Waals surface area contributed by atoms with Crippen LogP contribution in [0.5, 0.6) is 0 Å². The van der Waals surface area contributed by atoms with Crippen LogP contribution in [0.4, 0.5) is 0 Å². The van der Waals surface area contributed by atoms with Crippen molar-refractivity contribution in [3.63, 3.8) is 0 Å². The van der Waals surface area contributed by atoms with Crippen LogP contribution in [-0.4, -0.2) is 5.78 Å². The molecule has 0 unspecified atom stereocenters. The molecule has 2 aromatic carbocycles. The summed E-state index contributed by atoms with van der Waals surface area (Å²) in [5.41, 5.74) is 7.66. The molecule has 0 fully saturated rings. The first kappa shape index (κ1) is 17.9. The maximum absolute atomic E-state index is 12.8. The molecular formula is C24H30O. The number of hydrogen-bond acceptors (Lipinski definition) is 1. The Morgan fingerprint density at radius 1 is 0.920 bits per heavy atom. The van der Waals surface area contributed by atoms with Crippen LogP contribution in [-0.2, 0) is 17.3 Å². The molecule has 1 aliphatic carbocycles. The molecule has 0 N–H and O–H groups in total. The molecule has 3 rings (SSSR count).